The zero-order valence-electron chi connectivity index (χ0n) is 20.1. The fourth-order valence-corrected chi connectivity index (χ4v) is 3.50. The quantitative estimate of drug-likeness (QED) is 0.185. The maximum atomic E-state index is 6.13. The van der Waals surface area contributed by atoms with E-state index in [0.29, 0.717) is 13.2 Å². The second-order valence-corrected chi connectivity index (χ2v) is 8.79. The van der Waals surface area contributed by atoms with E-state index >= 15 is 0 Å². The molecule has 0 bridgehead atoms. The van der Waals surface area contributed by atoms with E-state index in [1.165, 1.54) is 5.56 Å². The Labute approximate surface area is 187 Å². The summed E-state index contributed by atoms with van der Waals surface area (Å²) in [7, 11) is 1.60. The molecule has 168 valence electrons. The fourth-order valence-electron chi connectivity index (χ4n) is 3.50. The molecule has 0 N–H and O–H groups in total. The molecule has 2 aromatic rings. The summed E-state index contributed by atoms with van der Waals surface area (Å²) in [6.07, 6.45) is 5.87. The van der Waals surface area contributed by atoms with Crippen molar-refractivity contribution in [3.63, 3.8) is 0 Å². The number of benzene rings is 2. The van der Waals surface area contributed by atoms with Crippen LogP contribution in [0.1, 0.15) is 56.4 Å². The number of rotatable bonds is 10. The summed E-state index contributed by atoms with van der Waals surface area (Å²) in [5.74, 6) is 1.83. The summed E-state index contributed by atoms with van der Waals surface area (Å²) in [6.45, 7) is 13.8. The minimum absolute atomic E-state index is 0.0878. The number of allylic oxidation sites excluding steroid dienone is 1. The first kappa shape index (κ1) is 24.5. The standard InChI is InChI=1S/C27H37NO3/c1-8-9-15-30-24-17-20(2)25(21(3)18-24)31-16-11-13-22-12-10-14-23(19-22)26(28-29-7)27(4,5)6/h8-10,12,14,17-19H,11,13,15-16H2,1-7H3/b9-8+,28-26-. The van der Waals surface area contributed by atoms with Crippen LogP contribution in [0, 0.1) is 19.3 Å². The van der Waals surface area contributed by atoms with Crippen molar-refractivity contribution in [1.82, 2.24) is 0 Å². The van der Waals surface area contributed by atoms with Crippen molar-refractivity contribution in [2.45, 2.75) is 54.4 Å². The lowest BCUT2D eigenvalue weighted by Gasteiger charge is -2.21. The topological polar surface area (TPSA) is 40.0 Å². The van der Waals surface area contributed by atoms with Gasteiger partial charge in [-0.15, -0.1) is 0 Å². The molecule has 0 amide bonds. The monoisotopic (exact) mass is 423 g/mol. The maximum Gasteiger partial charge on any atom is 0.125 e. The second-order valence-electron chi connectivity index (χ2n) is 8.79. The van der Waals surface area contributed by atoms with Crippen LogP contribution in [-0.4, -0.2) is 26.0 Å². The highest BCUT2D eigenvalue weighted by atomic mass is 16.6. The predicted molar refractivity (Wildman–Crippen MR) is 129 cm³/mol. The molecule has 0 fully saturated rings. The van der Waals surface area contributed by atoms with Crippen LogP contribution in [-0.2, 0) is 11.3 Å². The summed E-state index contributed by atoms with van der Waals surface area (Å²) < 4.78 is 11.9. The fraction of sp³-hybridized carbons (Fsp3) is 0.444. The van der Waals surface area contributed by atoms with Crippen molar-refractivity contribution in [1.29, 1.82) is 0 Å². The van der Waals surface area contributed by atoms with Gasteiger partial charge in [0, 0.05) is 11.0 Å². The third kappa shape index (κ3) is 7.46. The molecule has 0 radical (unpaired) electrons. The summed E-state index contributed by atoms with van der Waals surface area (Å²) in [5, 5.41) is 4.27. The van der Waals surface area contributed by atoms with Crippen molar-refractivity contribution in [2.75, 3.05) is 20.3 Å². The first-order chi connectivity index (χ1) is 14.8. The lowest BCUT2D eigenvalue weighted by molar-refractivity contribution is 0.209. The molecule has 0 saturated carbocycles. The highest BCUT2D eigenvalue weighted by molar-refractivity contribution is 6.03. The molecule has 0 atom stereocenters. The van der Waals surface area contributed by atoms with Crippen LogP contribution >= 0.6 is 0 Å². The van der Waals surface area contributed by atoms with E-state index in [1.54, 1.807) is 7.11 Å². The molecule has 0 unspecified atom stereocenters. The Kier molecular flexibility index (Phi) is 9.17. The van der Waals surface area contributed by atoms with Crippen molar-refractivity contribution >= 4 is 5.71 Å². The molecule has 31 heavy (non-hydrogen) atoms. The van der Waals surface area contributed by atoms with E-state index in [-0.39, 0.29) is 5.41 Å². The van der Waals surface area contributed by atoms with Gasteiger partial charge >= 0.3 is 0 Å². The largest absolute Gasteiger partial charge is 0.493 e. The van der Waals surface area contributed by atoms with E-state index in [0.717, 1.165) is 46.7 Å². The van der Waals surface area contributed by atoms with Crippen molar-refractivity contribution in [2.24, 2.45) is 10.6 Å². The summed E-state index contributed by atoms with van der Waals surface area (Å²) in [6, 6.07) is 12.6. The van der Waals surface area contributed by atoms with Crippen molar-refractivity contribution < 1.29 is 14.3 Å². The average Bonchev–Trinajstić information content (AvgIpc) is 2.70. The van der Waals surface area contributed by atoms with Crippen molar-refractivity contribution in [3.8, 4) is 11.5 Å². The lowest BCUT2D eigenvalue weighted by atomic mass is 9.85. The summed E-state index contributed by atoms with van der Waals surface area (Å²) in [5.41, 5.74) is 5.45. The third-order valence-corrected chi connectivity index (χ3v) is 4.97. The van der Waals surface area contributed by atoms with Gasteiger partial charge in [0.2, 0.25) is 0 Å². The van der Waals surface area contributed by atoms with Crippen LogP contribution in [0.25, 0.3) is 0 Å². The SMILES string of the molecule is C/C=C/COc1cc(C)c(OCCCc2cccc(/C(=N/OC)C(C)(C)C)c2)c(C)c1. The molecule has 0 spiro atoms. The van der Waals surface area contributed by atoms with Crippen LogP contribution < -0.4 is 9.47 Å². The van der Waals surface area contributed by atoms with Crippen LogP contribution in [0.5, 0.6) is 11.5 Å². The zero-order valence-corrected chi connectivity index (χ0v) is 20.1. The van der Waals surface area contributed by atoms with Gasteiger partial charge in [-0.05, 0) is 68.5 Å². The Morgan fingerprint density at radius 3 is 2.35 bits per heavy atom. The number of hydrogen-bond donors (Lipinski definition) is 0. The smallest absolute Gasteiger partial charge is 0.125 e. The highest BCUT2D eigenvalue weighted by Crippen LogP contribution is 2.29. The number of oxime groups is 1. The molecule has 4 nitrogen and oxygen atoms in total. The third-order valence-electron chi connectivity index (χ3n) is 4.97. The molecular weight excluding hydrogens is 386 g/mol. The minimum Gasteiger partial charge on any atom is -0.493 e. The van der Waals surface area contributed by atoms with Gasteiger partial charge in [0.1, 0.15) is 25.2 Å². The minimum atomic E-state index is -0.0878. The Hall–Kier alpha value is -2.75. The number of nitrogens with zero attached hydrogens (tertiary/aromatic N) is 1. The summed E-state index contributed by atoms with van der Waals surface area (Å²) in [4.78, 5) is 5.09. The van der Waals surface area contributed by atoms with Gasteiger partial charge in [-0.25, -0.2) is 0 Å². The van der Waals surface area contributed by atoms with Crippen LogP contribution in [0.2, 0.25) is 0 Å². The lowest BCUT2D eigenvalue weighted by Crippen LogP contribution is -2.22. The van der Waals surface area contributed by atoms with E-state index < -0.39 is 0 Å². The Morgan fingerprint density at radius 1 is 1.03 bits per heavy atom. The van der Waals surface area contributed by atoms with E-state index in [9.17, 15) is 0 Å². The van der Waals surface area contributed by atoms with Crippen LogP contribution in [0.3, 0.4) is 0 Å². The maximum absolute atomic E-state index is 6.13. The number of ether oxygens (including phenoxy) is 2. The Bertz CT molecular complexity index is 884. The van der Waals surface area contributed by atoms with Gasteiger partial charge in [0.25, 0.3) is 0 Å². The zero-order chi connectivity index (χ0) is 22.9. The van der Waals surface area contributed by atoms with E-state index in [4.69, 9.17) is 14.3 Å². The molecular formula is C27H37NO3. The molecule has 4 heteroatoms. The summed E-state index contributed by atoms with van der Waals surface area (Å²) >= 11 is 0. The second kappa shape index (κ2) is 11.6. The van der Waals surface area contributed by atoms with Crippen molar-refractivity contribution in [3.05, 3.63) is 70.8 Å². The van der Waals surface area contributed by atoms with Gasteiger partial charge in [0.05, 0.1) is 12.3 Å². The first-order valence-electron chi connectivity index (χ1n) is 10.9. The van der Waals surface area contributed by atoms with E-state index in [2.05, 4.69) is 64.0 Å². The van der Waals surface area contributed by atoms with Gasteiger partial charge in [-0.1, -0.05) is 56.3 Å². The molecule has 0 aliphatic carbocycles. The van der Waals surface area contributed by atoms with Crippen LogP contribution in [0.4, 0.5) is 0 Å². The Morgan fingerprint density at radius 2 is 1.74 bits per heavy atom. The molecule has 2 aromatic carbocycles. The van der Waals surface area contributed by atoms with E-state index in [1.807, 2.05) is 31.2 Å². The Balaban J connectivity index is 1.97. The van der Waals surface area contributed by atoms with Crippen LogP contribution in [0.15, 0.2) is 53.7 Å². The average molecular weight is 424 g/mol. The predicted octanol–water partition coefficient (Wildman–Crippen LogP) is 6.67. The normalized spacial score (nSPS) is 12.3. The molecule has 0 aliphatic rings. The molecule has 0 aromatic heterocycles. The highest BCUT2D eigenvalue weighted by Gasteiger charge is 2.22. The molecule has 0 aliphatic heterocycles. The molecule has 0 saturated heterocycles. The number of hydrogen-bond acceptors (Lipinski definition) is 4. The number of aryl methyl sites for hydroxylation is 3. The van der Waals surface area contributed by atoms with Gasteiger partial charge in [0.15, 0.2) is 0 Å². The van der Waals surface area contributed by atoms with Gasteiger partial charge in [-0.2, -0.15) is 0 Å². The van der Waals surface area contributed by atoms with Gasteiger partial charge < -0.3 is 14.3 Å². The molecule has 2 rings (SSSR count). The first-order valence-corrected chi connectivity index (χ1v) is 10.9. The van der Waals surface area contributed by atoms with Gasteiger partial charge in [-0.3, -0.25) is 0 Å². The molecule has 0 heterocycles.